The fourth-order valence-corrected chi connectivity index (χ4v) is 37.6. The summed E-state index contributed by atoms with van der Waals surface area (Å²) in [5, 5.41) is 64.6. The van der Waals surface area contributed by atoms with E-state index in [2.05, 4.69) is 144 Å². The molecule has 20 aliphatic carbocycles. The van der Waals surface area contributed by atoms with Gasteiger partial charge in [-0.15, -0.1) is 0 Å². The molecular weight excluding hydrogens is 1630 g/mol. The van der Waals surface area contributed by atoms with E-state index in [-0.39, 0.29) is 6.61 Å². The Hall–Kier alpha value is -1.96. The predicted octanol–water partition coefficient (Wildman–Crippen LogP) is 26.5. The number of allylic oxidation sites excluding steroid dienone is 9. The molecule has 682 valence electrons. The zero-order valence-corrected chi connectivity index (χ0v) is 82.1. The largest absolute Gasteiger partial charge is 0.392 e. The molecule has 15 fully saturated rings. The monoisotopic (exact) mass is 1800 g/mol. The van der Waals surface area contributed by atoms with Crippen molar-refractivity contribution in [2.75, 3.05) is 44.7 Å². The first-order valence-corrected chi connectivity index (χ1v) is 53.2. The Bertz CT molecular complexity index is 3920. The molecule has 15 saturated carbocycles. The molecule has 0 aromatic heterocycles. The molecule has 0 aromatic carbocycles. The fraction of sp³-hybridized carbons (Fsp3) is 0.821. The van der Waals surface area contributed by atoms with Crippen molar-refractivity contribution < 1.29 is 40.1 Å². The molecule has 0 radical (unpaired) electrons. The average molecular weight is 1810 g/mol. The highest BCUT2D eigenvalue weighted by Gasteiger charge is 2.63. The van der Waals surface area contributed by atoms with Crippen molar-refractivity contribution in [3.63, 3.8) is 0 Å². The van der Waals surface area contributed by atoms with Gasteiger partial charge >= 0.3 is 0 Å². The fourth-order valence-electron chi connectivity index (χ4n) is 36.8. The van der Waals surface area contributed by atoms with Gasteiger partial charge in [-0.05, 0) is 472 Å². The molecule has 0 aliphatic heterocycles. The molecule has 20 aliphatic rings. The SMILES string of the molecule is C=C(C)[C@H]1CC[C@H]2[C@@H]3CC=C4C[C@@](C)(O)CC[C@@H]4[C@H]3CC[C@]12C.C=C(C)[C@H]1CC[C@H]2[C@@H]3CC=C4C[C@](O)(COC)CC[C@@H]4[C@H]3CC[C@]12C.C=C(CBr)[C@H]1CC[C@H]2[C@@H]3CC=C4C[C@@](C)(O)CC[C@@H]4[C@H]3CC[C@]12C.C=C(CBr)[C@H]1CC[C@H]2[C@@H]3CC=C4C[C@](O)(COC)CC[C@@H]4[C@H]3CC[C@]12C.C=C(CO)[C@H]1CC[C@H]2[C@@H]3CC=C4C[C@@](C)(O)CC[C@@H]4[C@H]3CC[C@]12C. The van der Waals surface area contributed by atoms with Gasteiger partial charge in [0.2, 0.25) is 0 Å². The minimum atomic E-state index is -0.626. The van der Waals surface area contributed by atoms with Crippen LogP contribution in [0.4, 0.5) is 0 Å². The van der Waals surface area contributed by atoms with Gasteiger partial charge in [0, 0.05) is 24.9 Å². The number of halogens is 2. The third kappa shape index (κ3) is 17.2. The number of hydrogen-bond acceptors (Lipinski definition) is 8. The van der Waals surface area contributed by atoms with Crippen molar-refractivity contribution >= 4 is 31.9 Å². The topological polar surface area (TPSA) is 140 Å². The normalized spacial score (nSPS) is 49.9. The van der Waals surface area contributed by atoms with Crippen molar-refractivity contribution in [3.8, 4) is 0 Å². The van der Waals surface area contributed by atoms with Crippen LogP contribution in [0.5, 0.6) is 0 Å². The van der Waals surface area contributed by atoms with Gasteiger partial charge in [0.1, 0.15) is 0 Å². The molecule has 0 aromatic rings. The Balaban J connectivity index is 0.000000113. The standard InChI is InChI=1S/C23H35BrO2.C23H36O2.C22H33BrO.C22H34O2.C22H34O/c1-15(13-24)20-6-7-21-19-5-4-16-12-23(25,14-26-3)11-9-17(16)18(19)8-10-22(20,21)2;1-15(2)20-7-8-21-19-6-5-16-13-23(24,14-25-4)12-10-17(16)18(19)9-11-22(20,21)3;2*1-14(13-23)19-6-7-20-18-5-4-15-12-21(2,24)10-8-16(15)17(18)9-11-22(19,20)3;1-14(2)19-7-8-20-18-6-5-15-13-21(3,23)11-9-16(15)17(18)10-12-22(19,20)4/h4,17-21,25H,1,5-14H2,2-3H3;5,17-21,24H,1,6-14H2,2-4H3;4,16-20,24H,1,5-13H2,2-3H3;4,16-20,23-24H,1,5-13H2,2-3H3;5,16-20,23H,1,6-13H2,2-4H3/t2*17-,18+,19+,20+,21-,22+,23-;3*16-,17+,18+,19+,20-,21-,22+/m00000/s1. The van der Waals surface area contributed by atoms with E-state index < -0.39 is 28.0 Å². The minimum Gasteiger partial charge on any atom is -0.392 e. The molecular formula is C112H172Br2O8. The molecule has 20 rings (SSSR count). The number of ether oxygens (including phenoxy) is 2. The maximum Gasteiger partial charge on any atom is 0.0917 e. The number of methoxy groups -OCH3 is 2. The summed E-state index contributed by atoms with van der Waals surface area (Å²) in [4.78, 5) is 0. The summed E-state index contributed by atoms with van der Waals surface area (Å²) < 4.78 is 10.6. The van der Waals surface area contributed by atoms with Crippen LogP contribution < -0.4 is 0 Å². The van der Waals surface area contributed by atoms with Crippen molar-refractivity contribution in [2.24, 2.45) is 175 Å². The number of aliphatic hydroxyl groups is 6. The molecule has 0 saturated heterocycles. The lowest BCUT2D eigenvalue weighted by atomic mass is 9.51. The Kier molecular flexibility index (Phi) is 27.4. The second kappa shape index (κ2) is 35.9. The average Bonchev–Trinajstić information content (AvgIpc) is 1.52. The Morgan fingerprint density at radius 1 is 0.311 bits per heavy atom. The highest BCUT2D eigenvalue weighted by molar-refractivity contribution is 9.09. The molecule has 0 spiro atoms. The Morgan fingerprint density at radius 2 is 0.541 bits per heavy atom. The highest BCUT2D eigenvalue weighted by atomic mass is 79.9. The lowest BCUT2D eigenvalue weighted by Crippen LogP contribution is -2.48. The number of fused-ring (bicyclic) bond motifs is 25. The van der Waals surface area contributed by atoms with Gasteiger partial charge in [-0.2, -0.15) is 0 Å². The number of hydrogen-bond donors (Lipinski definition) is 6. The molecule has 10 heteroatoms. The highest BCUT2D eigenvalue weighted by Crippen LogP contribution is 2.72. The van der Waals surface area contributed by atoms with Crippen LogP contribution in [0.1, 0.15) is 326 Å². The van der Waals surface area contributed by atoms with Crippen molar-refractivity contribution in [1.29, 1.82) is 0 Å². The molecule has 0 heterocycles. The molecule has 8 nitrogen and oxygen atoms in total. The third-order valence-corrected chi connectivity index (χ3v) is 43.8. The van der Waals surface area contributed by atoms with Crippen LogP contribution >= 0.6 is 31.9 Å². The van der Waals surface area contributed by atoms with E-state index >= 15 is 0 Å². The molecule has 35 atom stereocenters. The summed E-state index contributed by atoms with van der Waals surface area (Å²) in [5.41, 5.74) is 14.3. The molecule has 122 heavy (non-hydrogen) atoms. The summed E-state index contributed by atoms with van der Waals surface area (Å²) >= 11 is 7.32. The van der Waals surface area contributed by atoms with E-state index in [1.807, 2.05) is 20.8 Å². The van der Waals surface area contributed by atoms with E-state index in [0.717, 1.165) is 223 Å². The summed E-state index contributed by atoms with van der Waals surface area (Å²) in [6.07, 6.45) is 61.2. The van der Waals surface area contributed by atoms with Crippen molar-refractivity contribution in [3.05, 3.63) is 119 Å². The number of aliphatic hydroxyl groups excluding tert-OH is 1. The van der Waals surface area contributed by atoms with Crippen molar-refractivity contribution in [2.45, 2.75) is 354 Å². The van der Waals surface area contributed by atoms with Crippen LogP contribution in [-0.4, -0.2) is 103 Å². The summed E-state index contributed by atoms with van der Waals surface area (Å²) in [6, 6.07) is 0. The first-order valence-electron chi connectivity index (χ1n) is 50.9. The predicted molar refractivity (Wildman–Crippen MR) is 510 cm³/mol. The lowest BCUT2D eigenvalue weighted by molar-refractivity contribution is -0.0676. The summed E-state index contributed by atoms with van der Waals surface area (Å²) in [6.45, 7) is 46.1. The van der Waals surface area contributed by atoms with E-state index in [4.69, 9.17) is 9.47 Å². The van der Waals surface area contributed by atoms with Crippen LogP contribution in [0.3, 0.4) is 0 Å². The van der Waals surface area contributed by atoms with Gasteiger partial charge in [-0.25, -0.2) is 0 Å². The van der Waals surface area contributed by atoms with Crippen LogP contribution in [0.15, 0.2) is 119 Å². The van der Waals surface area contributed by atoms with Crippen LogP contribution in [0, 0.1) is 175 Å². The van der Waals surface area contributed by atoms with Crippen LogP contribution in [-0.2, 0) is 9.47 Å². The van der Waals surface area contributed by atoms with Gasteiger partial charge < -0.3 is 40.1 Å². The second-order valence-electron chi connectivity index (χ2n) is 49.1. The van der Waals surface area contributed by atoms with Gasteiger partial charge in [-0.1, -0.05) is 180 Å². The molecule has 0 unspecified atom stereocenters. The maximum absolute atomic E-state index is 10.8. The smallest absolute Gasteiger partial charge is 0.0917 e. The maximum atomic E-state index is 10.8. The molecule has 0 bridgehead atoms. The van der Waals surface area contributed by atoms with E-state index in [1.54, 1.807) is 42.1 Å². The van der Waals surface area contributed by atoms with Crippen molar-refractivity contribution in [1.82, 2.24) is 0 Å². The Morgan fingerprint density at radius 3 is 0.779 bits per heavy atom. The molecule has 6 N–H and O–H groups in total. The first-order chi connectivity index (χ1) is 57.8. The van der Waals surface area contributed by atoms with E-state index in [0.29, 0.717) is 58.0 Å². The van der Waals surface area contributed by atoms with E-state index in [9.17, 15) is 30.6 Å². The van der Waals surface area contributed by atoms with Gasteiger partial charge in [0.25, 0.3) is 0 Å². The quantitative estimate of drug-likeness (QED) is 0.0839. The second-order valence-corrected chi connectivity index (χ2v) is 50.2. The molecule has 0 amide bonds. The van der Waals surface area contributed by atoms with Gasteiger partial charge in [0.15, 0.2) is 0 Å². The zero-order chi connectivity index (χ0) is 87.0. The van der Waals surface area contributed by atoms with E-state index in [1.165, 1.54) is 202 Å². The lowest BCUT2D eigenvalue weighted by Gasteiger charge is -2.54. The van der Waals surface area contributed by atoms with Crippen LogP contribution in [0.25, 0.3) is 0 Å². The van der Waals surface area contributed by atoms with Crippen LogP contribution in [0.2, 0.25) is 0 Å². The van der Waals surface area contributed by atoms with Gasteiger partial charge in [0.05, 0.1) is 47.8 Å². The number of rotatable bonds is 12. The third-order valence-electron chi connectivity index (χ3n) is 42.4. The summed E-state index contributed by atoms with van der Waals surface area (Å²) in [5.74, 6) is 20.1. The number of alkyl halides is 2. The summed E-state index contributed by atoms with van der Waals surface area (Å²) in [7, 11) is 3.41. The van der Waals surface area contributed by atoms with Gasteiger partial charge in [-0.3, -0.25) is 0 Å². The Labute approximate surface area is 759 Å². The first kappa shape index (κ1) is 93.3. The minimum absolute atomic E-state index is 0.156. The zero-order valence-electron chi connectivity index (χ0n) is 78.9.